The summed E-state index contributed by atoms with van der Waals surface area (Å²) in [5.41, 5.74) is 1.05. The first-order valence-electron chi connectivity index (χ1n) is 8.63. The maximum Gasteiger partial charge on any atom is 0.256 e. The summed E-state index contributed by atoms with van der Waals surface area (Å²) < 4.78 is 0. The van der Waals surface area contributed by atoms with E-state index >= 15 is 0 Å². The molecule has 6 heteroatoms. The second-order valence-electron chi connectivity index (χ2n) is 6.85. The van der Waals surface area contributed by atoms with Gasteiger partial charge in [0, 0.05) is 13.1 Å². The number of nitrogens with one attached hydrogen (secondary N) is 1. The topological polar surface area (TPSA) is 69.7 Å². The third-order valence-corrected chi connectivity index (χ3v) is 5.08. The molecule has 0 radical (unpaired) electrons. The minimum atomic E-state index is -0.443. The first kappa shape index (κ1) is 15.2. The number of fused-ring (bicyclic) bond motifs is 2. The van der Waals surface area contributed by atoms with Crippen molar-refractivity contribution in [3.8, 4) is 0 Å². The van der Waals surface area contributed by atoms with Crippen molar-refractivity contribution in [1.82, 2.24) is 10.2 Å². The van der Waals surface area contributed by atoms with Crippen LogP contribution >= 0.6 is 0 Å². The van der Waals surface area contributed by atoms with Gasteiger partial charge < -0.3 is 15.1 Å². The molecule has 126 valence electrons. The molecule has 0 aromatic heterocycles. The fourth-order valence-corrected chi connectivity index (χ4v) is 3.55. The Hall–Kier alpha value is -2.37. The second-order valence-corrected chi connectivity index (χ2v) is 6.85. The lowest BCUT2D eigenvalue weighted by Gasteiger charge is -2.25. The van der Waals surface area contributed by atoms with Gasteiger partial charge in [0.05, 0.1) is 11.3 Å². The molecule has 4 rings (SSSR count). The van der Waals surface area contributed by atoms with E-state index in [-0.39, 0.29) is 24.3 Å². The Morgan fingerprint density at radius 1 is 1.17 bits per heavy atom. The van der Waals surface area contributed by atoms with Crippen LogP contribution < -0.4 is 10.2 Å². The summed E-state index contributed by atoms with van der Waals surface area (Å²) in [7, 11) is 0. The Morgan fingerprint density at radius 3 is 2.75 bits per heavy atom. The number of para-hydroxylation sites is 1. The lowest BCUT2D eigenvalue weighted by atomic mass is 10.1. The molecule has 1 aromatic carbocycles. The van der Waals surface area contributed by atoms with E-state index < -0.39 is 6.04 Å². The molecular formula is C18H21N3O3. The Labute approximate surface area is 140 Å². The van der Waals surface area contributed by atoms with Gasteiger partial charge in [-0.15, -0.1) is 0 Å². The van der Waals surface area contributed by atoms with E-state index in [2.05, 4.69) is 5.32 Å². The molecule has 1 aliphatic carbocycles. The summed E-state index contributed by atoms with van der Waals surface area (Å²) in [6, 6.07) is 6.64. The molecule has 2 heterocycles. The third kappa shape index (κ3) is 2.66. The van der Waals surface area contributed by atoms with Crippen LogP contribution in [0.1, 0.15) is 36.0 Å². The Balaban J connectivity index is 1.62. The number of hydrogen-bond donors (Lipinski definition) is 1. The average Bonchev–Trinajstić information content (AvgIpc) is 3.31. The first-order valence-corrected chi connectivity index (χ1v) is 8.63. The third-order valence-electron chi connectivity index (χ3n) is 5.08. The zero-order chi connectivity index (χ0) is 16.7. The van der Waals surface area contributed by atoms with Crippen molar-refractivity contribution >= 4 is 23.4 Å². The van der Waals surface area contributed by atoms with E-state index in [1.807, 2.05) is 0 Å². The van der Waals surface area contributed by atoms with E-state index in [1.54, 1.807) is 29.2 Å². The van der Waals surface area contributed by atoms with Gasteiger partial charge in [0.25, 0.3) is 5.91 Å². The number of nitrogens with zero attached hydrogens (tertiary/aromatic N) is 2. The highest BCUT2D eigenvalue weighted by atomic mass is 16.2. The van der Waals surface area contributed by atoms with Crippen LogP contribution in [0.3, 0.4) is 0 Å². The molecule has 2 aliphatic heterocycles. The van der Waals surface area contributed by atoms with Gasteiger partial charge in [0.2, 0.25) is 11.8 Å². The molecular weight excluding hydrogens is 306 g/mol. The molecule has 1 atom stereocenters. The monoisotopic (exact) mass is 327 g/mol. The molecule has 3 aliphatic rings. The van der Waals surface area contributed by atoms with Crippen LogP contribution in [0.15, 0.2) is 24.3 Å². The van der Waals surface area contributed by atoms with E-state index in [0.29, 0.717) is 36.7 Å². The zero-order valence-corrected chi connectivity index (χ0v) is 13.5. The fraction of sp³-hybridized carbons (Fsp3) is 0.500. The molecule has 2 fully saturated rings. The van der Waals surface area contributed by atoms with Crippen molar-refractivity contribution in [2.75, 3.05) is 24.5 Å². The number of anilines is 1. The number of hydrogen-bond acceptors (Lipinski definition) is 3. The van der Waals surface area contributed by atoms with Crippen molar-refractivity contribution < 1.29 is 14.4 Å². The molecule has 3 amide bonds. The summed E-state index contributed by atoms with van der Waals surface area (Å²) in [4.78, 5) is 41.2. The minimum Gasteiger partial charge on any atom is -0.354 e. The predicted octanol–water partition coefficient (Wildman–Crippen LogP) is 1.16. The summed E-state index contributed by atoms with van der Waals surface area (Å²) >= 11 is 0. The van der Waals surface area contributed by atoms with Crippen LogP contribution in [0.4, 0.5) is 5.69 Å². The maximum atomic E-state index is 13.0. The van der Waals surface area contributed by atoms with Gasteiger partial charge in [-0.2, -0.15) is 0 Å². The Morgan fingerprint density at radius 2 is 1.96 bits per heavy atom. The van der Waals surface area contributed by atoms with E-state index in [9.17, 15) is 14.4 Å². The number of carbonyl (C=O) groups is 3. The molecule has 1 N–H and O–H groups in total. The highest BCUT2D eigenvalue weighted by Gasteiger charge is 2.42. The largest absolute Gasteiger partial charge is 0.354 e. The van der Waals surface area contributed by atoms with Gasteiger partial charge in [-0.25, -0.2) is 0 Å². The van der Waals surface area contributed by atoms with Gasteiger partial charge >= 0.3 is 0 Å². The minimum absolute atomic E-state index is 0.0276. The number of amides is 3. The molecule has 0 bridgehead atoms. The summed E-state index contributed by atoms with van der Waals surface area (Å²) in [5.74, 6) is 0.173. The van der Waals surface area contributed by atoms with Crippen LogP contribution in [-0.4, -0.2) is 48.3 Å². The van der Waals surface area contributed by atoms with E-state index in [0.717, 1.165) is 19.3 Å². The van der Waals surface area contributed by atoms with Gasteiger partial charge in [-0.3, -0.25) is 14.4 Å². The molecule has 6 nitrogen and oxygen atoms in total. The van der Waals surface area contributed by atoms with Crippen LogP contribution in [0.2, 0.25) is 0 Å². The zero-order valence-electron chi connectivity index (χ0n) is 13.5. The molecule has 1 saturated heterocycles. The highest BCUT2D eigenvalue weighted by Crippen LogP contribution is 2.32. The SMILES string of the molecule is O=C(CN1C(=O)[C@H]2CCCN2C(=O)c2ccccc21)NCC1CC1. The number of carbonyl (C=O) groups excluding carboxylic acids is 3. The van der Waals surface area contributed by atoms with Crippen molar-refractivity contribution in [2.24, 2.45) is 5.92 Å². The van der Waals surface area contributed by atoms with Crippen molar-refractivity contribution in [3.63, 3.8) is 0 Å². The van der Waals surface area contributed by atoms with Crippen LogP contribution in [0.5, 0.6) is 0 Å². The summed E-state index contributed by atoms with van der Waals surface area (Å²) in [6.45, 7) is 1.25. The normalized spacial score (nSPS) is 22.9. The van der Waals surface area contributed by atoms with Crippen molar-refractivity contribution in [3.05, 3.63) is 29.8 Å². The van der Waals surface area contributed by atoms with Crippen LogP contribution in [0, 0.1) is 5.92 Å². The fourth-order valence-electron chi connectivity index (χ4n) is 3.55. The van der Waals surface area contributed by atoms with Gasteiger partial charge in [-0.05, 0) is 43.7 Å². The lowest BCUT2D eigenvalue weighted by Crippen LogP contribution is -2.48. The van der Waals surface area contributed by atoms with Crippen molar-refractivity contribution in [2.45, 2.75) is 31.7 Å². The molecule has 0 unspecified atom stereocenters. The summed E-state index contributed by atoms with van der Waals surface area (Å²) in [5, 5.41) is 2.90. The van der Waals surface area contributed by atoms with E-state index in [1.165, 1.54) is 4.90 Å². The quantitative estimate of drug-likeness (QED) is 0.902. The lowest BCUT2D eigenvalue weighted by molar-refractivity contribution is -0.125. The number of rotatable bonds is 4. The van der Waals surface area contributed by atoms with Gasteiger partial charge in [0.15, 0.2) is 0 Å². The molecule has 1 saturated carbocycles. The molecule has 24 heavy (non-hydrogen) atoms. The highest BCUT2D eigenvalue weighted by molar-refractivity contribution is 6.12. The molecule has 0 spiro atoms. The Bertz CT molecular complexity index is 699. The van der Waals surface area contributed by atoms with Gasteiger partial charge in [0.1, 0.15) is 12.6 Å². The van der Waals surface area contributed by atoms with Crippen molar-refractivity contribution in [1.29, 1.82) is 0 Å². The molecule has 1 aromatic rings. The smallest absolute Gasteiger partial charge is 0.256 e. The number of benzene rings is 1. The van der Waals surface area contributed by atoms with Crippen LogP contribution in [-0.2, 0) is 9.59 Å². The average molecular weight is 327 g/mol. The second kappa shape index (κ2) is 5.92. The van der Waals surface area contributed by atoms with Crippen LogP contribution in [0.25, 0.3) is 0 Å². The van der Waals surface area contributed by atoms with Gasteiger partial charge in [-0.1, -0.05) is 12.1 Å². The maximum absolute atomic E-state index is 13.0. The predicted molar refractivity (Wildman–Crippen MR) is 88.6 cm³/mol. The first-order chi connectivity index (χ1) is 11.6. The van der Waals surface area contributed by atoms with E-state index in [4.69, 9.17) is 0 Å². The summed E-state index contributed by atoms with van der Waals surface area (Å²) in [6.07, 6.45) is 3.82. The standard InChI is InChI=1S/C18H21N3O3/c22-16(19-10-12-7-8-12)11-21-14-5-2-1-4-13(14)17(23)20-9-3-6-15(20)18(21)24/h1-2,4-5,12,15H,3,6-11H2,(H,19,22)/t15-/m1/s1. The Kier molecular flexibility index (Phi) is 3.75.